The minimum Gasteiger partial charge on any atom is -0.496 e. The van der Waals surface area contributed by atoms with Crippen molar-refractivity contribution in [2.24, 2.45) is 5.92 Å². The maximum absolute atomic E-state index is 5.38. The molecule has 1 fully saturated rings. The molecule has 1 aliphatic heterocycles. The molecule has 1 aliphatic rings. The van der Waals surface area contributed by atoms with E-state index in [9.17, 15) is 0 Å². The predicted molar refractivity (Wildman–Crippen MR) is 71.5 cm³/mol. The molecule has 2 atom stereocenters. The fraction of sp³-hybridized carbons (Fsp3) is 0.600. The summed E-state index contributed by atoms with van der Waals surface area (Å²) in [6.07, 6.45) is 5.00. The van der Waals surface area contributed by atoms with Crippen molar-refractivity contribution >= 4 is 0 Å². The SMILES string of the molecule is COc1ccccc1CCC1CCC(C)CN1. The second kappa shape index (κ2) is 6.06. The lowest BCUT2D eigenvalue weighted by Crippen LogP contribution is -2.38. The Morgan fingerprint density at radius 1 is 1.29 bits per heavy atom. The molecule has 1 aromatic rings. The number of nitrogens with one attached hydrogen (secondary N) is 1. The van der Waals surface area contributed by atoms with Crippen LogP contribution in [-0.4, -0.2) is 19.7 Å². The van der Waals surface area contributed by atoms with Crippen molar-refractivity contribution in [3.63, 3.8) is 0 Å². The van der Waals surface area contributed by atoms with Gasteiger partial charge in [-0.1, -0.05) is 25.1 Å². The third kappa shape index (κ3) is 3.47. The maximum Gasteiger partial charge on any atom is 0.122 e. The van der Waals surface area contributed by atoms with Crippen LogP contribution in [0.1, 0.15) is 31.7 Å². The summed E-state index contributed by atoms with van der Waals surface area (Å²) in [6, 6.07) is 9.03. The lowest BCUT2D eigenvalue weighted by Gasteiger charge is -2.27. The lowest BCUT2D eigenvalue weighted by molar-refractivity contribution is 0.315. The zero-order chi connectivity index (χ0) is 12.1. The number of aryl methyl sites for hydroxylation is 1. The molecule has 2 rings (SSSR count). The van der Waals surface area contributed by atoms with Gasteiger partial charge in [0.25, 0.3) is 0 Å². The van der Waals surface area contributed by atoms with Crippen molar-refractivity contribution in [2.75, 3.05) is 13.7 Å². The molecule has 0 radical (unpaired) electrons. The fourth-order valence-corrected chi connectivity index (χ4v) is 2.54. The Balaban J connectivity index is 1.85. The Morgan fingerprint density at radius 2 is 2.12 bits per heavy atom. The molecular weight excluding hydrogens is 210 g/mol. The van der Waals surface area contributed by atoms with Gasteiger partial charge in [0.2, 0.25) is 0 Å². The average Bonchev–Trinajstić information content (AvgIpc) is 2.38. The van der Waals surface area contributed by atoms with Crippen LogP contribution in [-0.2, 0) is 6.42 Å². The van der Waals surface area contributed by atoms with E-state index in [0.29, 0.717) is 6.04 Å². The number of methoxy groups -OCH3 is 1. The molecule has 1 aromatic carbocycles. The first-order valence-corrected chi connectivity index (χ1v) is 6.65. The van der Waals surface area contributed by atoms with Crippen molar-refractivity contribution in [1.29, 1.82) is 0 Å². The molecule has 2 nitrogen and oxygen atoms in total. The first-order valence-electron chi connectivity index (χ1n) is 6.65. The van der Waals surface area contributed by atoms with Gasteiger partial charge < -0.3 is 10.1 Å². The molecule has 1 saturated heterocycles. The number of rotatable bonds is 4. The second-order valence-electron chi connectivity index (χ2n) is 5.14. The highest BCUT2D eigenvalue weighted by Gasteiger charge is 2.17. The highest BCUT2D eigenvalue weighted by Crippen LogP contribution is 2.22. The molecule has 0 aromatic heterocycles. The summed E-state index contributed by atoms with van der Waals surface area (Å²) in [5.41, 5.74) is 1.33. The molecule has 1 heterocycles. The van der Waals surface area contributed by atoms with Gasteiger partial charge in [-0.15, -0.1) is 0 Å². The van der Waals surface area contributed by atoms with Crippen LogP contribution in [0.25, 0.3) is 0 Å². The molecule has 94 valence electrons. The predicted octanol–water partition coefficient (Wildman–Crippen LogP) is 3.02. The molecule has 17 heavy (non-hydrogen) atoms. The van der Waals surface area contributed by atoms with Gasteiger partial charge >= 0.3 is 0 Å². The topological polar surface area (TPSA) is 21.3 Å². The normalized spacial score (nSPS) is 24.6. The van der Waals surface area contributed by atoms with Gasteiger partial charge in [0.1, 0.15) is 5.75 Å². The first kappa shape index (κ1) is 12.4. The number of ether oxygens (including phenoxy) is 1. The number of para-hydroxylation sites is 1. The van der Waals surface area contributed by atoms with E-state index in [4.69, 9.17) is 4.74 Å². The number of piperidine rings is 1. The summed E-state index contributed by atoms with van der Waals surface area (Å²) < 4.78 is 5.38. The Bertz CT molecular complexity index is 343. The summed E-state index contributed by atoms with van der Waals surface area (Å²) in [7, 11) is 1.75. The molecule has 0 amide bonds. The Hall–Kier alpha value is -1.02. The molecule has 0 saturated carbocycles. The van der Waals surface area contributed by atoms with Crippen LogP contribution in [0.4, 0.5) is 0 Å². The third-order valence-electron chi connectivity index (χ3n) is 3.72. The van der Waals surface area contributed by atoms with Crippen LogP contribution in [0, 0.1) is 5.92 Å². The van der Waals surface area contributed by atoms with E-state index in [-0.39, 0.29) is 0 Å². The van der Waals surface area contributed by atoms with Gasteiger partial charge in [-0.2, -0.15) is 0 Å². The van der Waals surface area contributed by atoms with E-state index in [2.05, 4.69) is 24.4 Å². The lowest BCUT2D eigenvalue weighted by atomic mass is 9.92. The van der Waals surface area contributed by atoms with Gasteiger partial charge in [0.05, 0.1) is 7.11 Å². The second-order valence-corrected chi connectivity index (χ2v) is 5.14. The minimum absolute atomic E-state index is 0.691. The summed E-state index contributed by atoms with van der Waals surface area (Å²) >= 11 is 0. The van der Waals surface area contributed by atoms with Crippen LogP contribution in [0.3, 0.4) is 0 Å². The molecule has 0 spiro atoms. The monoisotopic (exact) mass is 233 g/mol. The zero-order valence-electron chi connectivity index (χ0n) is 10.9. The highest BCUT2D eigenvalue weighted by atomic mass is 16.5. The number of hydrogen-bond donors (Lipinski definition) is 1. The Kier molecular flexibility index (Phi) is 4.43. The Labute approximate surface area is 104 Å². The van der Waals surface area contributed by atoms with Crippen LogP contribution in [0.5, 0.6) is 5.75 Å². The summed E-state index contributed by atoms with van der Waals surface area (Å²) in [5.74, 6) is 1.87. The molecule has 0 bridgehead atoms. The first-order chi connectivity index (χ1) is 8.29. The van der Waals surface area contributed by atoms with E-state index in [1.807, 2.05) is 12.1 Å². The van der Waals surface area contributed by atoms with Crippen molar-refractivity contribution in [1.82, 2.24) is 5.32 Å². The molecule has 1 N–H and O–H groups in total. The average molecular weight is 233 g/mol. The van der Waals surface area contributed by atoms with E-state index >= 15 is 0 Å². The fourth-order valence-electron chi connectivity index (χ4n) is 2.54. The largest absolute Gasteiger partial charge is 0.496 e. The van der Waals surface area contributed by atoms with Crippen LogP contribution < -0.4 is 10.1 Å². The van der Waals surface area contributed by atoms with Gasteiger partial charge in [-0.3, -0.25) is 0 Å². The van der Waals surface area contributed by atoms with Gasteiger partial charge in [-0.05, 0) is 49.8 Å². The van der Waals surface area contributed by atoms with Crippen molar-refractivity contribution < 1.29 is 4.74 Å². The highest BCUT2D eigenvalue weighted by molar-refractivity contribution is 5.33. The van der Waals surface area contributed by atoms with Gasteiger partial charge in [0.15, 0.2) is 0 Å². The molecule has 2 unspecified atom stereocenters. The summed E-state index contributed by atoms with van der Waals surface area (Å²) in [4.78, 5) is 0. The minimum atomic E-state index is 0.691. The van der Waals surface area contributed by atoms with E-state index < -0.39 is 0 Å². The van der Waals surface area contributed by atoms with Crippen LogP contribution in [0.2, 0.25) is 0 Å². The van der Waals surface area contributed by atoms with Crippen molar-refractivity contribution in [2.45, 2.75) is 38.6 Å². The quantitative estimate of drug-likeness (QED) is 0.863. The zero-order valence-corrected chi connectivity index (χ0v) is 10.9. The Morgan fingerprint density at radius 3 is 2.82 bits per heavy atom. The van der Waals surface area contributed by atoms with Gasteiger partial charge in [-0.25, -0.2) is 0 Å². The van der Waals surface area contributed by atoms with E-state index in [1.165, 1.54) is 31.4 Å². The van der Waals surface area contributed by atoms with Crippen LogP contribution >= 0.6 is 0 Å². The van der Waals surface area contributed by atoms with E-state index in [0.717, 1.165) is 18.1 Å². The maximum atomic E-state index is 5.38. The standard InChI is InChI=1S/C15H23NO/c1-12-7-9-14(16-11-12)10-8-13-5-3-4-6-15(13)17-2/h3-6,12,14,16H,7-11H2,1-2H3. The number of benzene rings is 1. The van der Waals surface area contributed by atoms with Crippen molar-refractivity contribution in [3.8, 4) is 5.75 Å². The molecule has 0 aliphatic carbocycles. The van der Waals surface area contributed by atoms with Crippen LogP contribution in [0.15, 0.2) is 24.3 Å². The molecule has 2 heteroatoms. The molecular formula is C15H23NO. The van der Waals surface area contributed by atoms with Gasteiger partial charge in [0, 0.05) is 6.04 Å². The van der Waals surface area contributed by atoms with E-state index in [1.54, 1.807) is 7.11 Å². The summed E-state index contributed by atoms with van der Waals surface area (Å²) in [5, 5.41) is 3.64. The number of hydrogen-bond acceptors (Lipinski definition) is 2. The smallest absolute Gasteiger partial charge is 0.122 e. The third-order valence-corrected chi connectivity index (χ3v) is 3.72. The van der Waals surface area contributed by atoms with Crippen molar-refractivity contribution in [3.05, 3.63) is 29.8 Å². The summed E-state index contributed by atoms with van der Waals surface area (Å²) in [6.45, 7) is 3.50.